The normalized spacial score (nSPS) is 9.85. The molecule has 2 radical (unpaired) electrons. The van der Waals surface area contributed by atoms with E-state index in [0.29, 0.717) is 0 Å². The topological polar surface area (TPSA) is 0 Å². The minimum Gasteiger partial charge on any atom is -0.391 e. The van der Waals surface area contributed by atoms with Crippen LogP contribution in [0, 0.1) is 25.3 Å². The van der Waals surface area contributed by atoms with Crippen LogP contribution in [0.2, 0.25) is 0 Å². The molecule has 0 atom stereocenters. The molecule has 0 spiro atoms. The number of hydrogen-bond donors (Lipinski definition) is 0. The number of rotatable bonds is 0. The van der Waals surface area contributed by atoms with Crippen LogP contribution in [0.1, 0.15) is 0 Å². The summed E-state index contributed by atoms with van der Waals surface area (Å²) in [4.78, 5) is 0. The first-order chi connectivity index (χ1) is 5.00. The van der Waals surface area contributed by atoms with Gasteiger partial charge in [0.1, 0.15) is 0 Å². The second-order valence-electron chi connectivity index (χ2n) is 1.77. The van der Waals surface area contributed by atoms with Crippen molar-refractivity contribution in [3.05, 3.63) is 61.7 Å². The van der Waals surface area contributed by atoms with Gasteiger partial charge in [-0.25, -0.2) is 6.42 Å². The van der Waals surface area contributed by atoms with Crippen LogP contribution < -0.4 is 37.7 Å². The van der Waals surface area contributed by atoms with E-state index >= 15 is 0 Å². The smallest absolute Gasteiger partial charge is 0.391 e. The molecular weight excluding hydrogens is 190 g/mol. The zero-order valence-corrected chi connectivity index (χ0v) is 9.08. The maximum atomic E-state index is 2.86. The Morgan fingerprint density at radius 2 is 1.92 bits per heavy atom. The predicted molar refractivity (Wildman–Crippen MR) is 41.9 cm³/mol. The molecule has 13 heavy (non-hydrogen) atoms. The van der Waals surface area contributed by atoms with Gasteiger partial charge in [-0.2, -0.15) is 0 Å². The van der Waals surface area contributed by atoms with Crippen molar-refractivity contribution < 1.29 is 54.8 Å². The third-order valence-corrected chi connectivity index (χ3v) is 0.992. The molecule has 1 aliphatic rings. The van der Waals surface area contributed by atoms with E-state index in [1.54, 1.807) is 0 Å². The first kappa shape index (κ1) is 19.2. The average Bonchev–Trinajstić information content (AvgIpc) is 2.67. The van der Waals surface area contributed by atoms with Crippen LogP contribution >= 0.6 is 0 Å². The number of hydrogen-bond acceptors (Lipinski definition) is 0. The first-order valence-electron chi connectivity index (χ1n) is 3.15. The Labute approximate surface area is 116 Å². The molecule has 0 amide bonds. The molecule has 0 unspecified atom stereocenters. The van der Waals surface area contributed by atoms with Crippen LogP contribution in [0.3, 0.4) is 0 Å². The van der Waals surface area contributed by atoms with Crippen LogP contribution in [0.25, 0.3) is 0 Å². The summed E-state index contributed by atoms with van der Waals surface area (Å²) in [6.07, 6.45) is 10.5. The Morgan fingerprint density at radius 1 is 1.15 bits per heavy atom. The van der Waals surface area contributed by atoms with Crippen LogP contribution in [0.4, 0.5) is 0 Å². The van der Waals surface area contributed by atoms with Gasteiger partial charge in [0.15, 0.2) is 0 Å². The molecule has 0 bridgehead atoms. The van der Waals surface area contributed by atoms with Crippen LogP contribution in [0.5, 0.6) is 0 Å². The minimum atomic E-state index is 0. The van der Waals surface area contributed by atoms with E-state index < -0.39 is 0 Å². The maximum absolute atomic E-state index is 2.86. The Kier molecular flexibility index (Phi) is 22.2. The van der Waals surface area contributed by atoms with Crippen molar-refractivity contribution in [2.45, 2.75) is 0 Å². The molecule has 1 aliphatic carbocycles. The molecule has 0 heterocycles. The van der Waals surface area contributed by atoms with Crippen LogP contribution in [-0.4, -0.2) is 0 Å². The molecule has 1 aromatic carbocycles. The van der Waals surface area contributed by atoms with Gasteiger partial charge < -0.3 is 55.3 Å². The van der Waals surface area contributed by atoms with E-state index in [1.807, 2.05) is 49.3 Å². The zero-order valence-electron chi connectivity index (χ0n) is 7.97. The van der Waals surface area contributed by atoms with Crippen molar-refractivity contribution in [2.24, 2.45) is 0 Å². The summed E-state index contributed by atoms with van der Waals surface area (Å²) in [6, 6.07) is 10.5. The van der Waals surface area contributed by atoms with Crippen LogP contribution in [-0.2, 0) is 17.1 Å². The molecule has 0 nitrogen and oxygen atoms in total. The molecule has 58 valence electrons. The summed E-state index contributed by atoms with van der Waals surface area (Å²) in [5, 5.41) is 0. The van der Waals surface area contributed by atoms with Gasteiger partial charge in [-0.1, -0.05) is 0 Å². The second kappa shape index (κ2) is 15.0. The number of allylic oxidation sites excluding steroid dienone is 2. The Balaban J connectivity index is -0.000000125. The van der Waals surface area contributed by atoms with E-state index in [2.05, 4.69) is 12.5 Å². The van der Waals surface area contributed by atoms with E-state index in [1.165, 1.54) is 0 Å². The summed E-state index contributed by atoms with van der Waals surface area (Å²) in [6.45, 7) is 0. The summed E-state index contributed by atoms with van der Waals surface area (Å²) in [7, 11) is 0. The third kappa shape index (κ3) is 12.5. The average molecular weight is 198 g/mol. The van der Waals surface area contributed by atoms with Crippen molar-refractivity contribution in [1.29, 1.82) is 0 Å². The molecule has 0 fully saturated rings. The maximum Gasteiger partial charge on any atom is 2.00 e. The largest absolute Gasteiger partial charge is 2.00 e. The Morgan fingerprint density at radius 3 is 2.08 bits per heavy atom. The van der Waals surface area contributed by atoms with E-state index in [9.17, 15) is 0 Å². The Hall–Kier alpha value is 0.544. The standard InChI is InChI=1S/2C5H4.Fe.2Li/c2*1-2-4-5-3-1;;;/h2*1-4H;;;/q2*-2;+2;2*+1. The van der Waals surface area contributed by atoms with Gasteiger partial charge in [-0.05, 0) is 0 Å². The summed E-state index contributed by atoms with van der Waals surface area (Å²) >= 11 is 0. The molecule has 2 rings (SSSR count). The SMILES string of the molecule is [C-]1[CH][CH-]C=C1.[Fe+2].[Li+].[Li+].[c-]1cc[cH-]c1. The van der Waals surface area contributed by atoms with Gasteiger partial charge >= 0.3 is 54.8 Å². The molecule has 1 aromatic rings. The van der Waals surface area contributed by atoms with Crippen molar-refractivity contribution in [2.75, 3.05) is 0 Å². The second-order valence-corrected chi connectivity index (χ2v) is 1.77. The minimum absolute atomic E-state index is 0. The monoisotopic (exact) mass is 198 g/mol. The van der Waals surface area contributed by atoms with Crippen molar-refractivity contribution in [3.8, 4) is 0 Å². The molecule has 0 aliphatic heterocycles. The van der Waals surface area contributed by atoms with Gasteiger partial charge in [0.2, 0.25) is 0 Å². The fourth-order valence-corrected chi connectivity index (χ4v) is 0.556. The molecule has 0 saturated carbocycles. The van der Waals surface area contributed by atoms with E-state index in [0.717, 1.165) is 0 Å². The molecule has 0 aromatic heterocycles. The molecular formula is C10H8FeLi2. The Bertz CT molecular complexity index is 148. The quantitative estimate of drug-likeness (QED) is 0.297. The summed E-state index contributed by atoms with van der Waals surface area (Å²) in [5.74, 6) is 0. The van der Waals surface area contributed by atoms with Gasteiger partial charge in [0.05, 0.1) is 0 Å². The van der Waals surface area contributed by atoms with Crippen LogP contribution in [0.15, 0.2) is 36.4 Å². The third-order valence-electron chi connectivity index (χ3n) is 0.992. The van der Waals surface area contributed by atoms with E-state index in [-0.39, 0.29) is 54.8 Å². The first-order valence-corrected chi connectivity index (χ1v) is 3.15. The fourth-order valence-electron chi connectivity index (χ4n) is 0.556. The van der Waals surface area contributed by atoms with Crippen molar-refractivity contribution in [3.63, 3.8) is 0 Å². The molecule has 3 heteroatoms. The predicted octanol–water partition coefficient (Wildman–Crippen LogP) is -3.74. The van der Waals surface area contributed by atoms with Gasteiger partial charge in [0, 0.05) is 0 Å². The molecule has 0 saturated heterocycles. The van der Waals surface area contributed by atoms with Gasteiger partial charge in [-0.3, -0.25) is 0 Å². The van der Waals surface area contributed by atoms with Crippen molar-refractivity contribution >= 4 is 0 Å². The van der Waals surface area contributed by atoms with Gasteiger partial charge in [0.25, 0.3) is 0 Å². The summed E-state index contributed by atoms with van der Waals surface area (Å²) < 4.78 is 0. The van der Waals surface area contributed by atoms with E-state index in [4.69, 9.17) is 0 Å². The van der Waals surface area contributed by atoms with Gasteiger partial charge in [-0.15, -0.1) is 0 Å². The molecule has 0 N–H and O–H groups in total. The van der Waals surface area contributed by atoms with Crippen molar-refractivity contribution in [1.82, 2.24) is 0 Å². The summed E-state index contributed by atoms with van der Waals surface area (Å²) in [5.41, 5.74) is 0. The zero-order chi connectivity index (χ0) is 7.07. The fraction of sp³-hybridized carbons (Fsp3) is 0.